The molecule has 24 heavy (non-hydrogen) atoms. The number of benzene rings is 2. The van der Waals surface area contributed by atoms with Gasteiger partial charge in [-0.3, -0.25) is 9.59 Å². The van der Waals surface area contributed by atoms with Crippen molar-refractivity contribution >= 4 is 34.8 Å². The van der Waals surface area contributed by atoms with E-state index >= 15 is 0 Å². The summed E-state index contributed by atoms with van der Waals surface area (Å²) in [5.74, 6) is -0.958. The molecule has 1 heterocycles. The summed E-state index contributed by atoms with van der Waals surface area (Å²) >= 11 is 6.14. The van der Waals surface area contributed by atoms with Gasteiger partial charge in [0.1, 0.15) is 10.7 Å². The van der Waals surface area contributed by atoms with Crippen molar-refractivity contribution in [3.05, 3.63) is 69.9 Å². The molecule has 0 aliphatic carbocycles. The van der Waals surface area contributed by atoms with Gasteiger partial charge < -0.3 is 5.32 Å². The lowest BCUT2D eigenvalue weighted by Gasteiger charge is -2.18. The minimum absolute atomic E-state index is 0.0967. The molecule has 0 unspecified atom stereocenters. The molecular weight excluding hydrogens is 324 g/mol. The summed E-state index contributed by atoms with van der Waals surface area (Å²) in [4.78, 5) is 26.3. The molecule has 0 atom stereocenters. The number of anilines is 2. The maximum atomic E-state index is 12.7. The van der Waals surface area contributed by atoms with Gasteiger partial charge in [-0.1, -0.05) is 47.0 Å². The number of aryl methyl sites for hydroxylation is 3. The Labute approximate surface area is 145 Å². The van der Waals surface area contributed by atoms with Crippen molar-refractivity contribution in [3.8, 4) is 0 Å². The minimum atomic E-state index is -0.511. The van der Waals surface area contributed by atoms with Crippen LogP contribution in [-0.4, -0.2) is 11.8 Å². The predicted octanol–water partition coefficient (Wildman–Crippen LogP) is 4.05. The predicted molar refractivity (Wildman–Crippen MR) is 96.1 cm³/mol. The molecule has 2 aromatic rings. The van der Waals surface area contributed by atoms with E-state index in [2.05, 4.69) is 5.32 Å². The fraction of sp³-hybridized carbons (Fsp3) is 0.158. The normalized spacial score (nSPS) is 14.6. The summed E-state index contributed by atoms with van der Waals surface area (Å²) in [7, 11) is 0. The van der Waals surface area contributed by atoms with Crippen LogP contribution in [0.5, 0.6) is 0 Å². The molecule has 3 rings (SSSR count). The molecule has 0 spiro atoms. The van der Waals surface area contributed by atoms with Gasteiger partial charge in [0.2, 0.25) is 0 Å². The van der Waals surface area contributed by atoms with Gasteiger partial charge in [0.05, 0.1) is 5.69 Å². The number of nitrogens with zero attached hydrogens (tertiary/aromatic N) is 1. The molecule has 0 saturated heterocycles. The standard InChI is InChI=1S/C19H17ClN2O2/c1-11-4-7-14(8-5-11)21-17-16(20)18(23)22(19(17)24)15-9-6-12(2)10-13(15)3/h4-10,21H,1-3H3. The highest BCUT2D eigenvalue weighted by atomic mass is 35.5. The molecule has 1 N–H and O–H groups in total. The Morgan fingerprint density at radius 1 is 0.875 bits per heavy atom. The highest BCUT2D eigenvalue weighted by molar-refractivity contribution is 6.53. The van der Waals surface area contributed by atoms with E-state index < -0.39 is 11.8 Å². The van der Waals surface area contributed by atoms with Gasteiger partial charge in [0, 0.05) is 5.69 Å². The van der Waals surface area contributed by atoms with Crippen LogP contribution < -0.4 is 10.2 Å². The number of halogens is 1. The first kappa shape index (κ1) is 16.3. The maximum Gasteiger partial charge on any atom is 0.283 e. The monoisotopic (exact) mass is 340 g/mol. The van der Waals surface area contributed by atoms with Crippen molar-refractivity contribution in [2.45, 2.75) is 20.8 Å². The number of carbonyl (C=O) groups is 2. The van der Waals surface area contributed by atoms with Crippen LogP contribution >= 0.6 is 11.6 Å². The number of hydrogen-bond donors (Lipinski definition) is 1. The Balaban J connectivity index is 1.94. The summed E-state index contributed by atoms with van der Waals surface area (Å²) in [6.07, 6.45) is 0. The number of amides is 2. The topological polar surface area (TPSA) is 49.4 Å². The van der Waals surface area contributed by atoms with E-state index in [1.165, 1.54) is 0 Å². The van der Waals surface area contributed by atoms with Crippen LogP contribution in [0, 0.1) is 20.8 Å². The van der Waals surface area contributed by atoms with Crippen LogP contribution in [0.15, 0.2) is 53.2 Å². The second-order valence-corrected chi connectivity index (χ2v) is 6.29. The third kappa shape index (κ3) is 2.81. The third-order valence-electron chi connectivity index (χ3n) is 3.94. The highest BCUT2D eigenvalue weighted by Gasteiger charge is 2.39. The molecule has 2 amide bonds. The zero-order valence-corrected chi connectivity index (χ0v) is 14.4. The lowest BCUT2D eigenvalue weighted by atomic mass is 10.1. The summed E-state index contributed by atoms with van der Waals surface area (Å²) < 4.78 is 0. The molecule has 0 saturated carbocycles. The average Bonchev–Trinajstić information content (AvgIpc) is 2.74. The maximum absolute atomic E-state index is 12.7. The van der Waals surface area contributed by atoms with E-state index in [1.807, 2.05) is 57.2 Å². The van der Waals surface area contributed by atoms with Gasteiger partial charge in [0.15, 0.2) is 0 Å². The highest BCUT2D eigenvalue weighted by Crippen LogP contribution is 2.32. The summed E-state index contributed by atoms with van der Waals surface area (Å²) in [5.41, 5.74) is 4.37. The fourth-order valence-corrected chi connectivity index (χ4v) is 2.88. The molecule has 2 aromatic carbocycles. The first-order valence-electron chi connectivity index (χ1n) is 7.58. The van der Waals surface area contributed by atoms with Crippen molar-refractivity contribution in [2.24, 2.45) is 0 Å². The molecule has 1 aliphatic heterocycles. The number of carbonyl (C=O) groups excluding carboxylic acids is 2. The van der Waals surface area contributed by atoms with E-state index in [0.29, 0.717) is 11.4 Å². The van der Waals surface area contributed by atoms with Gasteiger partial charge in [-0.05, 0) is 44.5 Å². The summed E-state index contributed by atoms with van der Waals surface area (Å²) in [5, 5.41) is 2.87. The molecule has 5 heteroatoms. The zero-order chi connectivity index (χ0) is 17.4. The quantitative estimate of drug-likeness (QED) is 0.858. The Morgan fingerprint density at radius 2 is 1.50 bits per heavy atom. The van der Waals surface area contributed by atoms with Crippen molar-refractivity contribution in [1.82, 2.24) is 0 Å². The van der Waals surface area contributed by atoms with Crippen LogP contribution in [-0.2, 0) is 9.59 Å². The summed E-state index contributed by atoms with van der Waals surface area (Å²) in [6.45, 7) is 5.80. The lowest BCUT2D eigenvalue weighted by Crippen LogP contribution is -2.32. The largest absolute Gasteiger partial charge is 0.350 e. The second-order valence-electron chi connectivity index (χ2n) is 5.92. The van der Waals surface area contributed by atoms with Crippen LogP contribution in [0.3, 0.4) is 0 Å². The number of nitrogens with one attached hydrogen (secondary N) is 1. The van der Waals surface area contributed by atoms with Gasteiger partial charge in [-0.25, -0.2) is 4.90 Å². The van der Waals surface area contributed by atoms with Crippen LogP contribution in [0.4, 0.5) is 11.4 Å². The minimum Gasteiger partial charge on any atom is -0.350 e. The molecule has 0 bridgehead atoms. The number of imide groups is 1. The van der Waals surface area contributed by atoms with Crippen molar-refractivity contribution in [3.63, 3.8) is 0 Å². The number of hydrogen-bond acceptors (Lipinski definition) is 3. The first-order valence-corrected chi connectivity index (χ1v) is 7.96. The lowest BCUT2D eigenvalue weighted by molar-refractivity contribution is -0.120. The first-order chi connectivity index (χ1) is 11.4. The second kappa shape index (κ2) is 6.13. The zero-order valence-electron chi connectivity index (χ0n) is 13.7. The van der Waals surface area contributed by atoms with Crippen LogP contribution in [0.1, 0.15) is 16.7 Å². The van der Waals surface area contributed by atoms with E-state index in [-0.39, 0.29) is 10.7 Å². The Kier molecular flexibility index (Phi) is 4.16. The van der Waals surface area contributed by atoms with E-state index in [0.717, 1.165) is 21.6 Å². The molecule has 0 radical (unpaired) electrons. The Morgan fingerprint density at radius 3 is 2.12 bits per heavy atom. The Hall–Kier alpha value is -2.59. The van der Waals surface area contributed by atoms with Crippen molar-refractivity contribution in [2.75, 3.05) is 10.2 Å². The molecule has 1 aliphatic rings. The average molecular weight is 341 g/mol. The van der Waals surface area contributed by atoms with Gasteiger partial charge in [0.25, 0.3) is 11.8 Å². The summed E-state index contributed by atoms with van der Waals surface area (Å²) in [6, 6.07) is 13.1. The van der Waals surface area contributed by atoms with Crippen LogP contribution in [0.25, 0.3) is 0 Å². The van der Waals surface area contributed by atoms with Gasteiger partial charge in [-0.2, -0.15) is 0 Å². The van der Waals surface area contributed by atoms with E-state index in [1.54, 1.807) is 6.07 Å². The van der Waals surface area contributed by atoms with Crippen molar-refractivity contribution in [1.29, 1.82) is 0 Å². The SMILES string of the molecule is Cc1ccc(NC2=C(Cl)C(=O)N(c3ccc(C)cc3C)C2=O)cc1. The molecule has 4 nitrogen and oxygen atoms in total. The Bertz CT molecular complexity index is 869. The third-order valence-corrected chi connectivity index (χ3v) is 4.29. The van der Waals surface area contributed by atoms with Crippen LogP contribution in [0.2, 0.25) is 0 Å². The molecule has 122 valence electrons. The smallest absolute Gasteiger partial charge is 0.283 e. The fourth-order valence-electron chi connectivity index (χ4n) is 2.67. The molecule has 0 aromatic heterocycles. The van der Waals surface area contributed by atoms with Gasteiger partial charge in [-0.15, -0.1) is 0 Å². The molecular formula is C19H17ClN2O2. The van der Waals surface area contributed by atoms with Gasteiger partial charge >= 0.3 is 0 Å². The van der Waals surface area contributed by atoms with E-state index in [9.17, 15) is 9.59 Å². The van der Waals surface area contributed by atoms with Crippen molar-refractivity contribution < 1.29 is 9.59 Å². The number of rotatable bonds is 3. The van der Waals surface area contributed by atoms with E-state index in [4.69, 9.17) is 11.6 Å². The molecule has 0 fully saturated rings.